The van der Waals surface area contributed by atoms with E-state index >= 15 is 0 Å². The first-order valence-corrected chi connectivity index (χ1v) is 6.83. The predicted octanol–water partition coefficient (Wildman–Crippen LogP) is 2.53. The Balaban J connectivity index is 1.91. The van der Waals surface area contributed by atoms with Crippen molar-refractivity contribution >= 4 is 0 Å². The number of benzene rings is 1. The molecule has 0 aromatic heterocycles. The minimum Gasteiger partial charge on any atom is -0.488 e. The topological polar surface area (TPSA) is 30.5 Å². The average molecular weight is 249 g/mol. The van der Waals surface area contributed by atoms with E-state index in [4.69, 9.17) is 9.47 Å². The van der Waals surface area contributed by atoms with Crippen molar-refractivity contribution in [2.75, 3.05) is 13.2 Å². The van der Waals surface area contributed by atoms with Gasteiger partial charge in [-0.1, -0.05) is 24.6 Å². The molecule has 100 valence electrons. The molecule has 3 unspecified atom stereocenters. The van der Waals surface area contributed by atoms with Gasteiger partial charge in [0.15, 0.2) is 0 Å². The van der Waals surface area contributed by atoms with Crippen molar-refractivity contribution in [3.63, 3.8) is 0 Å². The molecule has 0 heterocycles. The first kappa shape index (κ1) is 13.4. The number of aryl methyl sites for hydroxylation is 1. The zero-order valence-electron chi connectivity index (χ0n) is 11.5. The van der Waals surface area contributed by atoms with Crippen LogP contribution in [0.1, 0.15) is 25.8 Å². The fraction of sp³-hybridized carbons (Fsp3) is 0.600. The third kappa shape index (κ3) is 3.03. The van der Waals surface area contributed by atoms with Crippen LogP contribution in [0.5, 0.6) is 5.75 Å². The van der Waals surface area contributed by atoms with Gasteiger partial charge in [0.2, 0.25) is 0 Å². The number of hydrogen-bond donors (Lipinski definition) is 1. The van der Waals surface area contributed by atoms with Crippen LogP contribution in [0.25, 0.3) is 0 Å². The molecule has 1 aromatic carbocycles. The second-order valence-electron chi connectivity index (χ2n) is 4.79. The van der Waals surface area contributed by atoms with Gasteiger partial charge in [0, 0.05) is 19.1 Å². The standard InChI is InChI=1S/C15H23NO2/c1-4-16-13-10-14(15(13)17-5-2)18-12-8-6-11(3)7-9-12/h6-9,13-16H,4-5,10H2,1-3H3. The summed E-state index contributed by atoms with van der Waals surface area (Å²) in [7, 11) is 0. The summed E-state index contributed by atoms with van der Waals surface area (Å²) in [6.07, 6.45) is 1.37. The lowest BCUT2D eigenvalue weighted by atomic mass is 9.85. The van der Waals surface area contributed by atoms with Crippen molar-refractivity contribution < 1.29 is 9.47 Å². The van der Waals surface area contributed by atoms with Crippen molar-refractivity contribution in [1.29, 1.82) is 0 Å². The van der Waals surface area contributed by atoms with Gasteiger partial charge < -0.3 is 14.8 Å². The van der Waals surface area contributed by atoms with Crippen LogP contribution < -0.4 is 10.1 Å². The Kier molecular flexibility index (Phi) is 4.61. The van der Waals surface area contributed by atoms with E-state index in [1.54, 1.807) is 0 Å². The van der Waals surface area contributed by atoms with E-state index in [1.807, 2.05) is 19.1 Å². The quantitative estimate of drug-likeness (QED) is 0.840. The summed E-state index contributed by atoms with van der Waals surface area (Å²) in [5.74, 6) is 0.935. The van der Waals surface area contributed by atoms with Crippen LogP contribution in [0.15, 0.2) is 24.3 Å². The Morgan fingerprint density at radius 2 is 1.94 bits per heavy atom. The van der Waals surface area contributed by atoms with E-state index < -0.39 is 0 Å². The number of rotatable bonds is 6. The van der Waals surface area contributed by atoms with Crippen molar-refractivity contribution in [3.8, 4) is 5.75 Å². The van der Waals surface area contributed by atoms with Gasteiger partial charge in [-0.2, -0.15) is 0 Å². The molecule has 1 saturated carbocycles. The van der Waals surface area contributed by atoms with E-state index in [-0.39, 0.29) is 12.2 Å². The van der Waals surface area contributed by atoms with Gasteiger partial charge in [-0.15, -0.1) is 0 Å². The van der Waals surface area contributed by atoms with E-state index in [2.05, 4.69) is 31.3 Å². The molecule has 0 spiro atoms. The van der Waals surface area contributed by atoms with Crippen molar-refractivity contribution in [2.24, 2.45) is 0 Å². The van der Waals surface area contributed by atoms with Crippen molar-refractivity contribution in [3.05, 3.63) is 29.8 Å². The molecule has 0 bridgehead atoms. The summed E-state index contributed by atoms with van der Waals surface area (Å²) >= 11 is 0. The maximum absolute atomic E-state index is 5.98. The SMILES string of the molecule is CCNC1CC(Oc2ccc(C)cc2)C1OCC. The van der Waals surface area contributed by atoms with Gasteiger partial charge in [-0.25, -0.2) is 0 Å². The van der Waals surface area contributed by atoms with Gasteiger partial charge in [-0.05, 0) is 32.5 Å². The number of hydrogen-bond acceptors (Lipinski definition) is 3. The molecule has 3 nitrogen and oxygen atoms in total. The zero-order chi connectivity index (χ0) is 13.0. The molecule has 0 radical (unpaired) electrons. The number of ether oxygens (including phenoxy) is 2. The number of nitrogens with one attached hydrogen (secondary N) is 1. The molecule has 1 aliphatic carbocycles. The smallest absolute Gasteiger partial charge is 0.128 e. The lowest BCUT2D eigenvalue weighted by Gasteiger charge is -2.44. The van der Waals surface area contributed by atoms with Crippen molar-refractivity contribution in [2.45, 2.75) is 45.4 Å². The minimum absolute atomic E-state index is 0.177. The summed E-state index contributed by atoms with van der Waals surface area (Å²) < 4.78 is 11.7. The van der Waals surface area contributed by atoms with Gasteiger partial charge in [0.25, 0.3) is 0 Å². The lowest BCUT2D eigenvalue weighted by molar-refractivity contribution is -0.104. The summed E-state index contributed by atoms with van der Waals surface area (Å²) in [6.45, 7) is 7.95. The molecule has 3 atom stereocenters. The van der Waals surface area contributed by atoms with Crippen LogP contribution in [-0.2, 0) is 4.74 Å². The van der Waals surface area contributed by atoms with E-state index in [1.165, 1.54) is 5.56 Å². The second-order valence-corrected chi connectivity index (χ2v) is 4.79. The van der Waals surface area contributed by atoms with Crippen LogP contribution in [0.2, 0.25) is 0 Å². The highest BCUT2D eigenvalue weighted by atomic mass is 16.5. The van der Waals surface area contributed by atoms with Crippen LogP contribution in [-0.4, -0.2) is 31.4 Å². The highest BCUT2D eigenvalue weighted by Gasteiger charge is 2.43. The van der Waals surface area contributed by atoms with Crippen LogP contribution in [0.3, 0.4) is 0 Å². The maximum Gasteiger partial charge on any atom is 0.128 e. The van der Waals surface area contributed by atoms with Crippen LogP contribution >= 0.6 is 0 Å². The Hall–Kier alpha value is -1.06. The lowest BCUT2D eigenvalue weighted by Crippen LogP contribution is -2.61. The molecule has 0 aliphatic heterocycles. The Bertz CT molecular complexity index is 363. The Labute approximate surface area is 109 Å². The highest BCUT2D eigenvalue weighted by molar-refractivity contribution is 5.27. The van der Waals surface area contributed by atoms with Crippen molar-refractivity contribution in [1.82, 2.24) is 5.32 Å². The van der Waals surface area contributed by atoms with Gasteiger partial charge in [0.05, 0.1) is 0 Å². The Morgan fingerprint density at radius 3 is 2.56 bits per heavy atom. The third-order valence-electron chi connectivity index (χ3n) is 3.38. The fourth-order valence-electron chi connectivity index (χ4n) is 2.37. The fourth-order valence-corrected chi connectivity index (χ4v) is 2.37. The van der Waals surface area contributed by atoms with Crippen LogP contribution in [0, 0.1) is 6.92 Å². The largest absolute Gasteiger partial charge is 0.488 e. The first-order valence-electron chi connectivity index (χ1n) is 6.83. The molecule has 18 heavy (non-hydrogen) atoms. The molecular formula is C15H23NO2. The minimum atomic E-state index is 0.177. The summed E-state index contributed by atoms with van der Waals surface area (Å²) in [5.41, 5.74) is 1.25. The molecule has 1 N–H and O–H groups in total. The second kappa shape index (κ2) is 6.21. The zero-order valence-corrected chi connectivity index (χ0v) is 11.5. The first-order chi connectivity index (χ1) is 8.74. The monoisotopic (exact) mass is 249 g/mol. The molecule has 1 aliphatic rings. The maximum atomic E-state index is 5.98. The molecule has 3 heteroatoms. The summed E-state index contributed by atoms with van der Waals surface area (Å²) in [4.78, 5) is 0. The average Bonchev–Trinajstić information content (AvgIpc) is 2.37. The van der Waals surface area contributed by atoms with E-state index in [0.717, 1.165) is 25.3 Å². The normalized spacial score (nSPS) is 26.7. The van der Waals surface area contributed by atoms with Gasteiger partial charge in [0.1, 0.15) is 18.0 Å². The van der Waals surface area contributed by atoms with Crippen LogP contribution in [0.4, 0.5) is 0 Å². The van der Waals surface area contributed by atoms with E-state index in [0.29, 0.717) is 6.04 Å². The molecule has 2 rings (SSSR count). The molecule has 1 aromatic rings. The molecular weight excluding hydrogens is 226 g/mol. The van der Waals surface area contributed by atoms with Gasteiger partial charge in [-0.3, -0.25) is 0 Å². The van der Waals surface area contributed by atoms with Gasteiger partial charge >= 0.3 is 0 Å². The third-order valence-corrected chi connectivity index (χ3v) is 3.38. The van der Waals surface area contributed by atoms with E-state index in [9.17, 15) is 0 Å². The predicted molar refractivity (Wildman–Crippen MR) is 73.1 cm³/mol. The Morgan fingerprint density at radius 1 is 1.22 bits per heavy atom. The summed E-state index contributed by atoms with van der Waals surface area (Å²) in [6, 6.07) is 8.64. The molecule has 1 fully saturated rings. The molecule has 0 amide bonds. The molecule has 0 saturated heterocycles. The highest BCUT2D eigenvalue weighted by Crippen LogP contribution is 2.29. The number of likely N-dealkylation sites (N-methyl/N-ethyl adjacent to an activating group) is 1. The summed E-state index contributed by atoms with van der Waals surface area (Å²) in [5, 5.41) is 3.44.